The van der Waals surface area contributed by atoms with Crippen molar-refractivity contribution in [3.05, 3.63) is 94.5 Å². The van der Waals surface area contributed by atoms with Crippen LogP contribution in [-0.2, 0) is 14.8 Å². The van der Waals surface area contributed by atoms with Gasteiger partial charge in [-0.15, -0.1) is 0 Å². The van der Waals surface area contributed by atoms with Gasteiger partial charge in [0.2, 0.25) is 5.91 Å². The summed E-state index contributed by atoms with van der Waals surface area (Å²) >= 11 is 0. The average molecular weight is 479 g/mol. The summed E-state index contributed by atoms with van der Waals surface area (Å²) in [7, 11) is -3.94. The van der Waals surface area contributed by atoms with Crippen molar-refractivity contribution in [3.8, 4) is 0 Å². The highest BCUT2D eigenvalue weighted by Crippen LogP contribution is 2.26. The topological polar surface area (TPSA) is 66.5 Å². The molecule has 5 nitrogen and oxygen atoms in total. The van der Waals surface area contributed by atoms with E-state index in [-0.39, 0.29) is 23.4 Å². The highest BCUT2D eigenvalue weighted by Gasteiger charge is 2.28. The molecular formula is C28H34N2O3S. The largest absolute Gasteiger partial charge is 0.348 e. The first-order valence-corrected chi connectivity index (χ1v) is 13.0. The first kappa shape index (κ1) is 25.5. The maximum atomic E-state index is 13.6. The van der Waals surface area contributed by atoms with E-state index >= 15 is 0 Å². The summed E-state index contributed by atoms with van der Waals surface area (Å²) in [6.45, 7) is 11.7. The van der Waals surface area contributed by atoms with Gasteiger partial charge in [0, 0.05) is 0 Å². The van der Waals surface area contributed by atoms with E-state index in [2.05, 4.69) is 25.2 Å². The number of nitrogens with one attached hydrogen (secondary N) is 1. The van der Waals surface area contributed by atoms with Crippen LogP contribution in [0.4, 0.5) is 5.69 Å². The molecule has 0 aliphatic rings. The number of benzene rings is 3. The van der Waals surface area contributed by atoms with Gasteiger partial charge >= 0.3 is 0 Å². The number of rotatable bonds is 8. The third-order valence-corrected chi connectivity index (χ3v) is 7.80. The molecule has 6 heteroatoms. The van der Waals surface area contributed by atoms with Crippen molar-refractivity contribution in [2.45, 2.75) is 58.4 Å². The zero-order valence-corrected chi connectivity index (χ0v) is 21.6. The highest BCUT2D eigenvalue weighted by molar-refractivity contribution is 7.92. The van der Waals surface area contributed by atoms with E-state index < -0.39 is 10.0 Å². The summed E-state index contributed by atoms with van der Waals surface area (Å²) in [5.74, 6) is -0.0470. The molecule has 0 spiro atoms. The van der Waals surface area contributed by atoms with Crippen molar-refractivity contribution in [3.63, 3.8) is 0 Å². The molecule has 0 heterocycles. The lowest BCUT2D eigenvalue weighted by Crippen LogP contribution is -2.41. The van der Waals surface area contributed by atoms with E-state index in [0.717, 1.165) is 27.8 Å². The summed E-state index contributed by atoms with van der Waals surface area (Å²) in [6, 6.07) is 19.9. The average Bonchev–Trinajstić information content (AvgIpc) is 2.77. The Bertz CT molecular complexity index is 1250. The summed E-state index contributed by atoms with van der Waals surface area (Å²) in [6.07, 6.45) is 0. The minimum Gasteiger partial charge on any atom is -0.348 e. The minimum atomic E-state index is -3.94. The summed E-state index contributed by atoms with van der Waals surface area (Å²) in [5, 5.41) is 2.97. The van der Waals surface area contributed by atoms with E-state index in [9.17, 15) is 13.2 Å². The van der Waals surface area contributed by atoms with Gasteiger partial charge in [-0.3, -0.25) is 9.10 Å². The molecule has 3 aromatic rings. The van der Waals surface area contributed by atoms with Crippen LogP contribution in [0.2, 0.25) is 0 Å². The molecule has 1 amide bonds. The number of carbonyl (C=O) groups is 1. The fourth-order valence-electron chi connectivity index (χ4n) is 3.98. The fourth-order valence-corrected chi connectivity index (χ4v) is 5.41. The molecule has 0 radical (unpaired) electrons. The molecule has 0 aliphatic carbocycles. The second-order valence-corrected chi connectivity index (χ2v) is 11.1. The third kappa shape index (κ3) is 5.86. The van der Waals surface area contributed by atoms with Crippen LogP contribution in [0.15, 0.2) is 71.6 Å². The van der Waals surface area contributed by atoms with Gasteiger partial charge in [0.15, 0.2) is 0 Å². The Kier molecular flexibility index (Phi) is 7.82. The monoisotopic (exact) mass is 478 g/mol. The first-order chi connectivity index (χ1) is 16.0. The number of hydrogen-bond donors (Lipinski definition) is 1. The van der Waals surface area contributed by atoms with Crippen LogP contribution in [-0.4, -0.2) is 20.9 Å². The van der Waals surface area contributed by atoms with Gasteiger partial charge in [-0.2, -0.15) is 0 Å². The number of amides is 1. The van der Waals surface area contributed by atoms with E-state index in [1.165, 1.54) is 4.31 Å². The standard InChI is InChI=1S/C28H34N2O3S/c1-19(2)24-10-12-25(13-11-24)30(34(32,33)26-14-7-20(3)8-15-26)18-28(31)29-23(6)27-16-9-21(4)17-22(27)5/h7-17,19,23H,18H2,1-6H3,(H,29,31)/t23-/m1/s1. The number of anilines is 1. The molecule has 0 saturated carbocycles. The van der Waals surface area contributed by atoms with Crippen molar-refractivity contribution in [1.82, 2.24) is 5.32 Å². The predicted molar refractivity (Wildman–Crippen MR) is 139 cm³/mol. The molecule has 0 unspecified atom stereocenters. The molecule has 0 aliphatic heterocycles. The van der Waals surface area contributed by atoms with Crippen molar-refractivity contribution < 1.29 is 13.2 Å². The second kappa shape index (κ2) is 10.4. The van der Waals surface area contributed by atoms with Gasteiger partial charge in [0.25, 0.3) is 10.0 Å². The quantitative estimate of drug-likeness (QED) is 0.444. The molecular weight excluding hydrogens is 444 g/mol. The number of hydrogen-bond acceptors (Lipinski definition) is 3. The minimum absolute atomic E-state index is 0.154. The van der Waals surface area contributed by atoms with Crippen molar-refractivity contribution in [2.24, 2.45) is 0 Å². The lowest BCUT2D eigenvalue weighted by Gasteiger charge is -2.26. The summed E-state index contributed by atoms with van der Waals surface area (Å²) in [4.78, 5) is 13.2. The normalized spacial score (nSPS) is 12.4. The van der Waals surface area contributed by atoms with E-state index in [0.29, 0.717) is 11.6 Å². The maximum Gasteiger partial charge on any atom is 0.264 e. The molecule has 180 valence electrons. The molecule has 0 aromatic heterocycles. The zero-order chi connectivity index (χ0) is 25.0. The number of aryl methyl sites for hydroxylation is 3. The van der Waals surface area contributed by atoms with Crippen LogP contribution < -0.4 is 9.62 Å². The SMILES string of the molecule is Cc1ccc(S(=O)(=O)N(CC(=O)N[C@H](C)c2ccc(C)cc2C)c2ccc(C(C)C)cc2)cc1. The molecule has 0 saturated heterocycles. The van der Waals surface area contributed by atoms with E-state index in [4.69, 9.17) is 0 Å². The Labute approximate surface area is 203 Å². The van der Waals surface area contributed by atoms with Crippen LogP contribution in [0.5, 0.6) is 0 Å². The van der Waals surface area contributed by atoms with Crippen LogP contribution in [0.3, 0.4) is 0 Å². The van der Waals surface area contributed by atoms with E-state index in [1.807, 2.05) is 52.0 Å². The van der Waals surface area contributed by atoms with Gasteiger partial charge in [0.05, 0.1) is 16.6 Å². The van der Waals surface area contributed by atoms with Crippen LogP contribution >= 0.6 is 0 Å². The summed E-state index contributed by atoms with van der Waals surface area (Å²) in [5.41, 5.74) is 5.77. The van der Waals surface area contributed by atoms with Crippen molar-refractivity contribution in [2.75, 3.05) is 10.8 Å². The van der Waals surface area contributed by atoms with Crippen LogP contribution in [0, 0.1) is 20.8 Å². The molecule has 1 N–H and O–H groups in total. The van der Waals surface area contributed by atoms with Crippen molar-refractivity contribution >= 4 is 21.6 Å². The van der Waals surface area contributed by atoms with Crippen molar-refractivity contribution in [1.29, 1.82) is 0 Å². The van der Waals surface area contributed by atoms with Crippen LogP contribution in [0.1, 0.15) is 60.5 Å². The van der Waals surface area contributed by atoms with E-state index in [1.54, 1.807) is 36.4 Å². The Hall–Kier alpha value is -3.12. The van der Waals surface area contributed by atoms with Gasteiger partial charge in [-0.05, 0) is 74.6 Å². The predicted octanol–water partition coefficient (Wildman–Crippen LogP) is 5.81. The number of carbonyl (C=O) groups excluding carboxylic acids is 1. The Morgan fingerprint density at radius 2 is 1.44 bits per heavy atom. The Balaban J connectivity index is 1.91. The molecule has 0 bridgehead atoms. The van der Waals surface area contributed by atoms with Gasteiger partial charge < -0.3 is 5.32 Å². The summed E-state index contributed by atoms with van der Waals surface area (Å²) < 4.78 is 28.4. The second-order valence-electron chi connectivity index (χ2n) is 9.22. The maximum absolute atomic E-state index is 13.6. The number of nitrogens with zero attached hydrogens (tertiary/aromatic N) is 1. The van der Waals surface area contributed by atoms with Gasteiger partial charge in [-0.1, -0.05) is 67.4 Å². The lowest BCUT2D eigenvalue weighted by molar-refractivity contribution is -0.120. The van der Waals surface area contributed by atoms with Gasteiger partial charge in [-0.25, -0.2) is 8.42 Å². The van der Waals surface area contributed by atoms with Crippen LogP contribution in [0.25, 0.3) is 0 Å². The zero-order valence-electron chi connectivity index (χ0n) is 20.8. The van der Waals surface area contributed by atoms with Gasteiger partial charge in [0.1, 0.15) is 6.54 Å². The molecule has 3 rings (SSSR count). The smallest absolute Gasteiger partial charge is 0.264 e. The number of sulfonamides is 1. The lowest BCUT2D eigenvalue weighted by atomic mass is 10.0. The Morgan fingerprint density at radius 1 is 0.853 bits per heavy atom. The molecule has 0 fully saturated rings. The molecule has 3 aromatic carbocycles. The molecule has 34 heavy (non-hydrogen) atoms. The highest BCUT2D eigenvalue weighted by atomic mass is 32.2. The molecule has 1 atom stereocenters. The fraction of sp³-hybridized carbons (Fsp3) is 0.321. The Morgan fingerprint density at radius 3 is 2.00 bits per heavy atom. The third-order valence-electron chi connectivity index (χ3n) is 6.01. The first-order valence-electron chi connectivity index (χ1n) is 11.5.